The highest BCUT2D eigenvalue weighted by molar-refractivity contribution is 6.35. The van der Waals surface area contributed by atoms with Gasteiger partial charge in [0.1, 0.15) is 23.1 Å². The van der Waals surface area contributed by atoms with Crippen molar-refractivity contribution < 1.29 is 14.7 Å². The van der Waals surface area contributed by atoms with E-state index in [0.29, 0.717) is 47.7 Å². The summed E-state index contributed by atoms with van der Waals surface area (Å²) in [6.07, 6.45) is 3.91. The van der Waals surface area contributed by atoms with Crippen molar-refractivity contribution >= 4 is 28.2 Å². The van der Waals surface area contributed by atoms with Gasteiger partial charge in [-0.3, -0.25) is 9.20 Å². The molecule has 0 unspecified atom stereocenters. The predicted octanol–water partition coefficient (Wildman–Crippen LogP) is 1.79. The van der Waals surface area contributed by atoms with Gasteiger partial charge in [-0.1, -0.05) is 22.8 Å². The smallest absolute Gasteiger partial charge is 0.277 e. The van der Waals surface area contributed by atoms with E-state index in [1.54, 1.807) is 21.4 Å². The van der Waals surface area contributed by atoms with Gasteiger partial charge in [-0.15, -0.1) is 0 Å². The Morgan fingerprint density at radius 3 is 2.73 bits per heavy atom. The molecule has 0 atom stereocenters. The fraction of sp³-hybridized carbons (Fsp3) is 0.455. The number of imidazole rings is 1. The molecule has 1 aliphatic carbocycles. The van der Waals surface area contributed by atoms with Crippen LogP contribution >= 0.6 is 11.6 Å². The molecule has 3 aromatic heterocycles. The molecule has 33 heavy (non-hydrogen) atoms. The quantitative estimate of drug-likeness (QED) is 0.452. The van der Waals surface area contributed by atoms with Crippen molar-refractivity contribution in [2.45, 2.75) is 43.9 Å². The maximum Gasteiger partial charge on any atom is 0.277 e. The van der Waals surface area contributed by atoms with E-state index >= 15 is 0 Å². The summed E-state index contributed by atoms with van der Waals surface area (Å²) in [7, 11) is 0. The third-order valence-electron chi connectivity index (χ3n) is 6.67. The number of hydrogen-bond acceptors (Lipinski definition) is 8. The number of aliphatic hydroxyl groups excluding tert-OH is 1. The van der Waals surface area contributed by atoms with E-state index in [2.05, 4.69) is 20.0 Å². The summed E-state index contributed by atoms with van der Waals surface area (Å²) >= 11 is 6.55. The van der Waals surface area contributed by atoms with Crippen LogP contribution in [0.2, 0.25) is 5.02 Å². The minimum absolute atomic E-state index is 0.148. The standard InChI is InChI=1S/C22H23ClN6O4/c23-14-2-1-3-15-17(14)28(11-10-27-8-4-13(30)5-9-27)20(31)18-16(24-12-29(15)18)19-25-21(33-26-19)22(32)6-7-22/h1-3,12-13,30,32H,4-11H2. The first kappa shape index (κ1) is 20.8. The summed E-state index contributed by atoms with van der Waals surface area (Å²) in [5, 5.41) is 24.5. The van der Waals surface area contributed by atoms with E-state index in [1.807, 2.05) is 12.1 Å². The molecule has 1 aliphatic heterocycles. The molecule has 0 bridgehead atoms. The Labute approximate surface area is 193 Å². The van der Waals surface area contributed by atoms with Gasteiger partial charge in [0.15, 0.2) is 0 Å². The van der Waals surface area contributed by atoms with Crippen molar-refractivity contribution in [1.82, 2.24) is 29.0 Å². The van der Waals surface area contributed by atoms with Crippen LogP contribution in [-0.4, -0.2) is 64.9 Å². The Hall–Kier alpha value is -2.79. The summed E-state index contributed by atoms with van der Waals surface area (Å²) in [6, 6.07) is 5.49. The maximum absolute atomic E-state index is 13.7. The number of likely N-dealkylation sites (tertiary alicyclic amines) is 1. The monoisotopic (exact) mass is 470 g/mol. The van der Waals surface area contributed by atoms with E-state index in [9.17, 15) is 15.0 Å². The Morgan fingerprint density at radius 1 is 1.18 bits per heavy atom. The lowest BCUT2D eigenvalue weighted by atomic mass is 10.1. The van der Waals surface area contributed by atoms with Crippen LogP contribution in [0.3, 0.4) is 0 Å². The van der Waals surface area contributed by atoms with Crippen molar-refractivity contribution in [1.29, 1.82) is 0 Å². The highest BCUT2D eigenvalue weighted by Gasteiger charge is 2.48. The lowest BCUT2D eigenvalue weighted by Crippen LogP contribution is -2.39. The van der Waals surface area contributed by atoms with Crippen molar-refractivity contribution in [3.05, 3.63) is 45.8 Å². The van der Waals surface area contributed by atoms with Crippen molar-refractivity contribution in [2.75, 3.05) is 19.6 Å². The van der Waals surface area contributed by atoms with Gasteiger partial charge in [-0.25, -0.2) is 4.98 Å². The number of piperidine rings is 1. The Bertz CT molecular complexity index is 1410. The van der Waals surface area contributed by atoms with Gasteiger partial charge in [0, 0.05) is 26.2 Å². The van der Waals surface area contributed by atoms with Gasteiger partial charge in [0.05, 0.1) is 22.2 Å². The van der Waals surface area contributed by atoms with Gasteiger partial charge in [-0.05, 0) is 37.8 Å². The number of para-hydroxylation sites is 1. The molecule has 1 aromatic carbocycles. The first-order valence-electron chi connectivity index (χ1n) is 11.1. The van der Waals surface area contributed by atoms with Crippen molar-refractivity contribution in [3.8, 4) is 11.5 Å². The fourth-order valence-electron chi connectivity index (χ4n) is 4.53. The molecule has 4 aromatic rings. The average Bonchev–Trinajstić information content (AvgIpc) is 3.21. The highest BCUT2D eigenvalue weighted by Crippen LogP contribution is 2.44. The molecule has 2 N–H and O–H groups in total. The largest absolute Gasteiger partial charge is 0.393 e. The molecule has 0 spiro atoms. The topological polar surface area (TPSA) is 122 Å². The van der Waals surface area contributed by atoms with Crippen LogP contribution in [0.5, 0.6) is 0 Å². The zero-order chi connectivity index (χ0) is 22.7. The molecule has 2 fully saturated rings. The molecule has 0 radical (unpaired) electrons. The zero-order valence-electron chi connectivity index (χ0n) is 17.8. The van der Waals surface area contributed by atoms with Gasteiger partial charge in [0.25, 0.3) is 11.4 Å². The second-order valence-corrected chi connectivity index (χ2v) is 9.31. The average molecular weight is 471 g/mol. The molecule has 11 heteroatoms. The minimum atomic E-state index is -1.07. The van der Waals surface area contributed by atoms with E-state index in [0.717, 1.165) is 31.4 Å². The van der Waals surface area contributed by atoms with E-state index in [1.165, 1.54) is 0 Å². The predicted molar refractivity (Wildman–Crippen MR) is 120 cm³/mol. The van der Waals surface area contributed by atoms with Crippen LogP contribution in [0.1, 0.15) is 31.6 Å². The SMILES string of the molecule is O=c1c2c(-c3noc(C4(O)CC4)n3)ncn2c2cccc(Cl)c2n1CCN1CCC(O)CC1. The normalized spacial score (nSPS) is 19.0. The van der Waals surface area contributed by atoms with Crippen LogP contribution in [0.15, 0.2) is 33.8 Å². The van der Waals surface area contributed by atoms with E-state index in [-0.39, 0.29) is 23.4 Å². The van der Waals surface area contributed by atoms with Gasteiger partial charge in [0.2, 0.25) is 5.82 Å². The number of rotatable bonds is 5. The second-order valence-electron chi connectivity index (χ2n) is 8.90. The fourth-order valence-corrected chi connectivity index (χ4v) is 4.80. The molecule has 0 amide bonds. The van der Waals surface area contributed by atoms with E-state index in [4.69, 9.17) is 16.1 Å². The molecule has 4 heterocycles. The maximum atomic E-state index is 13.7. The van der Waals surface area contributed by atoms with Crippen molar-refractivity contribution in [3.63, 3.8) is 0 Å². The Balaban J connectivity index is 1.47. The summed E-state index contributed by atoms with van der Waals surface area (Å²) in [5.41, 5.74) is 0.693. The summed E-state index contributed by atoms with van der Waals surface area (Å²) in [4.78, 5) is 24.7. The number of aliphatic hydroxyl groups is 2. The third kappa shape index (κ3) is 3.45. The van der Waals surface area contributed by atoms with Crippen LogP contribution in [0.4, 0.5) is 0 Å². The summed E-state index contributed by atoms with van der Waals surface area (Å²) in [5.74, 6) is 0.318. The molecule has 172 valence electrons. The first-order valence-corrected chi connectivity index (χ1v) is 11.5. The number of aromatic nitrogens is 5. The molecular formula is C22H23ClN6O4. The number of fused-ring (bicyclic) bond motifs is 3. The van der Waals surface area contributed by atoms with Crippen molar-refractivity contribution in [2.24, 2.45) is 0 Å². The Kier molecular flexibility index (Phi) is 4.80. The van der Waals surface area contributed by atoms with Crippen LogP contribution in [0.25, 0.3) is 28.1 Å². The van der Waals surface area contributed by atoms with E-state index < -0.39 is 5.60 Å². The molecular weight excluding hydrogens is 448 g/mol. The highest BCUT2D eigenvalue weighted by atomic mass is 35.5. The van der Waals surface area contributed by atoms with Gasteiger partial charge < -0.3 is 24.2 Å². The number of nitrogens with zero attached hydrogens (tertiary/aromatic N) is 6. The minimum Gasteiger partial charge on any atom is -0.393 e. The molecule has 2 aliphatic rings. The number of halogens is 1. The third-order valence-corrected chi connectivity index (χ3v) is 6.97. The molecule has 6 rings (SSSR count). The zero-order valence-corrected chi connectivity index (χ0v) is 18.6. The molecule has 1 saturated heterocycles. The van der Waals surface area contributed by atoms with Gasteiger partial charge in [-0.2, -0.15) is 4.98 Å². The molecule has 10 nitrogen and oxygen atoms in total. The summed E-state index contributed by atoms with van der Waals surface area (Å²) in [6.45, 7) is 2.67. The molecule has 1 saturated carbocycles. The summed E-state index contributed by atoms with van der Waals surface area (Å²) < 4.78 is 8.64. The second kappa shape index (κ2) is 7.63. The number of benzene rings is 1. The lowest BCUT2D eigenvalue weighted by Gasteiger charge is -2.29. The van der Waals surface area contributed by atoms with Crippen LogP contribution < -0.4 is 5.56 Å². The lowest BCUT2D eigenvalue weighted by molar-refractivity contribution is 0.0810. The van der Waals surface area contributed by atoms with Crippen LogP contribution in [0, 0.1) is 0 Å². The van der Waals surface area contributed by atoms with Crippen LogP contribution in [-0.2, 0) is 12.1 Å². The van der Waals surface area contributed by atoms with Gasteiger partial charge >= 0.3 is 0 Å². The number of hydrogen-bond donors (Lipinski definition) is 2. The first-order chi connectivity index (χ1) is 15.9. The Morgan fingerprint density at radius 2 is 1.97 bits per heavy atom.